The number of thiazole rings is 1. The minimum Gasteiger partial charge on any atom is -0.406 e. The zero-order valence-corrected chi connectivity index (χ0v) is 25.4. The summed E-state index contributed by atoms with van der Waals surface area (Å²) in [6.07, 6.45) is -2.42. The Balaban J connectivity index is 1.28. The van der Waals surface area contributed by atoms with E-state index < -0.39 is 18.2 Å². The minimum atomic E-state index is -4.78. The van der Waals surface area contributed by atoms with Crippen LogP contribution in [0.15, 0.2) is 89.6 Å². The van der Waals surface area contributed by atoms with Crippen molar-refractivity contribution in [2.75, 3.05) is 0 Å². The second-order valence-corrected chi connectivity index (χ2v) is 11.2. The second kappa shape index (κ2) is 12.9. The number of hydrogen-bond donors (Lipinski definition) is 1. The Labute approximate surface area is 260 Å². The second-order valence-electron chi connectivity index (χ2n) is 10.4. The van der Waals surface area contributed by atoms with Gasteiger partial charge in [0.25, 0.3) is 0 Å². The molecule has 8 nitrogen and oxygen atoms in total. The van der Waals surface area contributed by atoms with Crippen LogP contribution in [-0.4, -0.2) is 31.7 Å². The monoisotopic (exact) mass is 636 g/mol. The van der Waals surface area contributed by atoms with E-state index in [4.69, 9.17) is 0 Å². The molecule has 0 saturated heterocycles. The first-order valence-corrected chi connectivity index (χ1v) is 14.6. The normalized spacial score (nSPS) is 12.6. The van der Waals surface area contributed by atoms with E-state index in [0.29, 0.717) is 21.9 Å². The largest absolute Gasteiger partial charge is 0.573 e. The zero-order valence-electron chi connectivity index (χ0n) is 24.6. The molecule has 232 valence electrons. The molecular formula is C32H28F4N6O2S. The van der Waals surface area contributed by atoms with Crippen LogP contribution in [0.5, 0.6) is 5.75 Å². The molecule has 5 rings (SSSR count). The number of aryl methyl sites for hydroxylation is 2. The molecular weight excluding hydrogens is 608 g/mol. The van der Waals surface area contributed by atoms with Gasteiger partial charge in [0.2, 0.25) is 0 Å². The van der Waals surface area contributed by atoms with Gasteiger partial charge < -0.3 is 10.1 Å². The predicted octanol–water partition coefficient (Wildman–Crippen LogP) is 8.00. The van der Waals surface area contributed by atoms with E-state index in [-0.39, 0.29) is 17.2 Å². The van der Waals surface area contributed by atoms with E-state index in [1.54, 1.807) is 12.1 Å². The number of hydrogen-bond acceptors (Lipinski definition) is 5. The van der Waals surface area contributed by atoms with Gasteiger partial charge in [-0.05, 0) is 61.2 Å². The third kappa shape index (κ3) is 7.55. The summed E-state index contributed by atoms with van der Waals surface area (Å²) < 4.78 is 59.4. The molecule has 0 bridgehead atoms. The fraction of sp³-hybridized carbons (Fsp3) is 0.188. The summed E-state index contributed by atoms with van der Waals surface area (Å²) in [6.45, 7) is 8.15. The number of rotatable bonds is 7. The van der Waals surface area contributed by atoms with Crippen LogP contribution in [0.2, 0.25) is 0 Å². The maximum atomic E-state index is 15.0. The number of nitrogens with zero attached hydrogens (tertiary/aromatic N) is 5. The van der Waals surface area contributed by atoms with Crippen molar-refractivity contribution >= 4 is 23.2 Å². The molecule has 0 unspecified atom stereocenters. The van der Waals surface area contributed by atoms with Crippen LogP contribution in [0.3, 0.4) is 0 Å². The van der Waals surface area contributed by atoms with Crippen molar-refractivity contribution in [2.24, 2.45) is 4.99 Å². The lowest BCUT2D eigenvalue weighted by Crippen LogP contribution is -2.22. The smallest absolute Gasteiger partial charge is 0.406 e. The van der Waals surface area contributed by atoms with Gasteiger partial charge in [0, 0.05) is 28.4 Å². The fourth-order valence-electron chi connectivity index (χ4n) is 4.53. The number of aromatic nitrogens is 4. The van der Waals surface area contributed by atoms with Crippen molar-refractivity contribution in [1.29, 1.82) is 0 Å². The first-order chi connectivity index (χ1) is 21.4. The first-order valence-electron chi connectivity index (χ1n) is 13.8. The van der Waals surface area contributed by atoms with Crippen LogP contribution < -0.4 is 14.9 Å². The predicted molar refractivity (Wildman–Crippen MR) is 164 cm³/mol. The maximum absolute atomic E-state index is 15.0. The van der Waals surface area contributed by atoms with Gasteiger partial charge >= 0.3 is 12.4 Å². The van der Waals surface area contributed by atoms with Gasteiger partial charge in [-0.2, -0.15) is 4.99 Å². The van der Waals surface area contributed by atoms with E-state index in [0.717, 1.165) is 28.7 Å². The molecule has 0 spiro atoms. The summed E-state index contributed by atoms with van der Waals surface area (Å²) in [5.74, 6) is -0.454. The Morgan fingerprint density at radius 1 is 1.04 bits per heavy atom. The number of ether oxygens (including phenoxy) is 1. The lowest BCUT2D eigenvalue weighted by molar-refractivity contribution is -0.274. The summed E-state index contributed by atoms with van der Waals surface area (Å²) in [5, 5.41) is 8.66. The number of benzene rings is 3. The van der Waals surface area contributed by atoms with Crippen molar-refractivity contribution in [3.8, 4) is 28.5 Å². The number of halogens is 4. The maximum Gasteiger partial charge on any atom is 0.573 e. The van der Waals surface area contributed by atoms with Crippen molar-refractivity contribution in [2.45, 2.75) is 40.0 Å². The van der Waals surface area contributed by atoms with Crippen LogP contribution in [0.1, 0.15) is 42.1 Å². The molecule has 0 aliphatic heterocycles. The highest BCUT2D eigenvalue weighted by molar-refractivity contribution is 7.07. The van der Waals surface area contributed by atoms with Crippen molar-refractivity contribution in [3.63, 3.8) is 0 Å². The fourth-order valence-corrected chi connectivity index (χ4v) is 5.39. The molecule has 2 aromatic heterocycles. The summed E-state index contributed by atoms with van der Waals surface area (Å²) >= 11 is 1.32. The number of amides is 2. The van der Waals surface area contributed by atoms with Crippen LogP contribution in [0, 0.1) is 13.8 Å². The molecule has 0 fully saturated rings. The molecule has 2 amide bonds. The minimum absolute atomic E-state index is 0.210. The van der Waals surface area contributed by atoms with Crippen LogP contribution in [-0.2, 0) is 0 Å². The summed E-state index contributed by atoms with van der Waals surface area (Å²) in [4.78, 5) is 21.6. The Morgan fingerprint density at radius 3 is 2.42 bits per heavy atom. The van der Waals surface area contributed by atoms with Crippen molar-refractivity contribution in [3.05, 3.63) is 112 Å². The van der Waals surface area contributed by atoms with Gasteiger partial charge in [0.05, 0.1) is 11.4 Å². The van der Waals surface area contributed by atoms with Crippen molar-refractivity contribution < 1.29 is 27.1 Å². The molecule has 0 aliphatic rings. The average molecular weight is 637 g/mol. The van der Waals surface area contributed by atoms with Crippen LogP contribution in [0.4, 0.5) is 22.4 Å². The first kappa shape index (κ1) is 31.4. The standard InChI is InChI=1S/C32H28F4N6O2S/c1-19(2)26-14-5-20(3)15-28(26)42-21(4)17-45-31(42)39-30(43)37-16-27(33)22-6-8-23(9-7-22)29-38-18-41(40-29)24-10-12-25(13-11-24)44-32(34,35)36/h5-19H,1-4H3,(H,37,43)/b27-16-,39-31-. The third-order valence-electron chi connectivity index (χ3n) is 6.69. The van der Waals surface area contributed by atoms with E-state index in [2.05, 4.69) is 57.2 Å². The van der Waals surface area contributed by atoms with Crippen molar-refractivity contribution in [1.82, 2.24) is 24.6 Å². The average Bonchev–Trinajstić information content (AvgIpc) is 3.62. The Hall–Kier alpha value is -5.04. The van der Waals surface area contributed by atoms with Gasteiger partial charge in [0.1, 0.15) is 17.9 Å². The van der Waals surface area contributed by atoms with E-state index in [9.17, 15) is 22.4 Å². The number of carbonyl (C=O) groups excluding carboxylic acids is 1. The molecule has 0 radical (unpaired) electrons. The highest BCUT2D eigenvalue weighted by Crippen LogP contribution is 2.26. The third-order valence-corrected chi connectivity index (χ3v) is 7.64. The number of alkyl halides is 3. The van der Waals surface area contributed by atoms with Gasteiger partial charge in [0.15, 0.2) is 10.6 Å². The highest BCUT2D eigenvalue weighted by atomic mass is 32.1. The number of carbonyl (C=O) groups is 1. The topological polar surface area (TPSA) is 86.3 Å². The summed E-state index contributed by atoms with van der Waals surface area (Å²) in [5.41, 5.74) is 5.33. The molecule has 13 heteroatoms. The molecule has 0 atom stereocenters. The Kier molecular flexibility index (Phi) is 9.00. The number of urea groups is 1. The van der Waals surface area contributed by atoms with E-state index >= 15 is 0 Å². The SMILES string of the molecule is Cc1ccc(C(C)C)c(-n2c(C)cs/c2=N\C(=O)N/C=C(\F)c2ccc(-c3ncn(-c4ccc(OC(F)(F)F)cc4)n3)cc2)c1. The molecule has 1 N–H and O–H groups in total. The quantitative estimate of drug-likeness (QED) is 0.184. The van der Waals surface area contributed by atoms with Gasteiger partial charge in [-0.1, -0.05) is 50.2 Å². The van der Waals surface area contributed by atoms with Gasteiger partial charge in [-0.15, -0.1) is 29.6 Å². The molecule has 3 aromatic carbocycles. The van der Waals surface area contributed by atoms with E-state index in [1.807, 2.05) is 23.8 Å². The molecule has 2 heterocycles. The lowest BCUT2D eigenvalue weighted by atomic mass is 9.99. The van der Waals surface area contributed by atoms with Crippen LogP contribution in [0.25, 0.3) is 28.6 Å². The Morgan fingerprint density at radius 2 is 1.76 bits per heavy atom. The van der Waals surface area contributed by atoms with Gasteiger partial charge in [-0.25, -0.2) is 18.9 Å². The zero-order chi connectivity index (χ0) is 32.3. The summed E-state index contributed by atoms with van der Waals surface area (Å²) in [6, 6.07) is 16.9. The lowest BCUT2D eigenvalue weighted by Gasteiger charge is -2.16. The molecule has 0 saturated carbocycles. The Bertz CT molecular complexity index is 1920. The summed E-state index contributed by atoms with van der Waals surface area (Å²) in [7, 11) is 0. The molecule has 5 aromatic rings. The molecule has 45 heavy (non-hydrogen) atoms. The highest BCUT2D eigenvalue weighted by Gasteiger charge is 2.31. The number of nitrogens with one attached hydrogen (secondary N) is 1. The van der Waals surface area contributed by atoms with Gasteiger partial charge in [-0.3, -0.25) is 4.57 Å². The molecule has 0 aliphatic carbocycles. The van der Waals surface area contributed by atoms with E-state index in [1.165, 1.54) is 58.7 Å². The van der Waals surface area contributed by atoms with Crippen LogP contribution >= 0.6 is 11.3 Å².